The third-order valence-electron chi connectivity index (χ3n) is 3.75. The predicted molar refractivity (Wildman–Crippen MR) is 86.5 cm³/mol. The van der Waals surface area contributed by atoms with Gasteiger partial charge in [-0.15, -0.1) is 0 Å². The van der Waals surface area contributed by atoms with Gasteiger partial charge < -0.3 is 4.74 Å². The van der Waals surface area contributed by atoms with E-state index in [1.165, 1.54) is 30.3 Å². The van der Waals surface area contributed by atoms with E-state index >= 15 is 0 Å². The Hall–Kier alpha value is -2.85. The Morgan fingerprint density at radius 1 is 1.08 bits per heavy atom. The Morgan fingerprint density at radius 3 is 2.15 bits per heavy atom. The van der Waals surface area contributed by atoms with Crippen molar-refractivity contribution in [2.45, 2.75) is 11.6 Å². The van der Waals surface area contributed by atoms with Crippen LogP contribution in [0.5, 0.6) is 0 Å². The second-order valence-electron chi connectivity index (χ2n) is 5.23. The number of carbonyl (C=O) groups is 2. The minimum Gasteiger partial charge on any atom is -0.467 e. The minimum absolute atomic E-state index is 0.141. The van der Waals surface area contributed by atoms with Gasteiger partial charge in [0.1, 0.15) is 0 Å². The number of rotatable bonds is 4. The van der Waals surface area contributed by atoms with Crippen molar-refractivity contribution in [1.82, 2.24) is 0 Å². The van der Waals surface area contributed by atoms with Crippen molar-refractivity contribution in [2.75, 3.05) is 7.11 Å². The molecule has 0 aliphatic heterocycles. The number of benzene rings is 2. The van der Waals surface area contributed by atoms with Crippen LogP contribution in [-0.2, 0) is 21.1 Å². The number of nitriles is 1. The van der Waals surface area contributed by atoms with E-state index in [2.05, 4.69) is 4.74 Å². The molecule has 0 bridgehead atoms. The average molecular weight is 382 g/mol. The molecule has 0 saturated heterocycles. The number of methoxy groups -OCH3 is 1. The highest BCUT2D eigenvalue weighted by molar-refractivity contribution is 6.30. The van der Waals surface area contributed by atoms with Gasteiger partial charge in [-0.1, -0.05) is 41.9 Å². The monoisotopic (exact) mass is 381 g/mol. The molecule has 0 amide bonds. The molecule has 1 unspecified atom stereocenters. The molecule has 1 atom stereocenters. The summed E-state index contributed by atoms with van der Waals surface area (Å²) in [5.41, 5.74) is -4.79. The van der Waals surface area contributed by atoms with Gasteiger partial charge in [-0.3, -0.25) is 4.79 Å². The molecule has 4 nitrogen and oxygen atoms in total. The fraction of sp³-hybridized carbons (Fsp3) is 0.167. The van der Waals surface area contributed by atoms with E-state index in [0.717, 1.165) is 19.2 Å². The number of nitrogens with zero attached hydrogens (tertiary/aromatic N) is 1. The molecule has 2 aromatic rings. The maximum Gasteiger partial charge on any atom is 0.417 e. The molecule has 0 radical (unpaired) electrons. The van der Waals surface area contributed by atoms with Crippen molar-refractivity contribution in [1.29, 1.82) is 5.26 Å². The highest BCUT2D eigenvalue weighted by atomic mass is 35.5. The van der Waals surface area contributed by atoms with Gasteiger partial charge in [0.05, 0.1) is 18.7 Å². The van der Waals surface area contributed by atoms with Gasteiger partial charge in [-0.2, -0.15) is 18.4 Å². The number of hydrogen-bond donors (Lipinski definition) is 0. The summed E-state index contributed by atoms with van der Waals surface area (Å²) in [5.74, 6) is -2.62. The number of halogens is 4. The second kappa shape index (κ2) is 7.18. The van der Waals surface area contributed by atoms with Crippen molar-refractivity contribution in [3.8, 4) is 6.07 Å². The number of esters is 1. The van der Waals surface area contributed by atoms with E-state index in [1.54, 1.807) is 6.07 Å². The number of Topliss-reactive ketones (excluding diaryl/α,β-unsaturated/α-hetero) is 1. The zero-order chi connectivity index (χ0) is 19.5. The summed E-state index contributed by atoms with van der Waals surface area (Å²) in [6.07, 6.45) is -4.84. The third-order valence-corrected chi connectivity index (χ3v) is 4.01. The van der Waals surface area contributed by atoms with Crippen molar-refractivity contribution in [3.05, 3.63) is 70.2 Å². The largest absolute Gasteiger partial charge is 0.467 e. The lowest BCUT2D eigenvalue weighted by atomic mass is 9.74. The third kappa shape index (κ3) is 3.28. The van der Waals surface area contributed by atoms with Crippen molar-refractivity contribution < 1.29 is 27.5 Å². The van der Waals surface area contributed by atoms with E-state index < -0.39 is 34.5 Å². The highest BCUT2D eigenvalue weighted by Crippen LogP contribution is 2.37. The molecule has 0 spiro atoms. The Balaban J connectivity index is 2.76. The average Bonchev–Trinajstić information content (AvgIpc) is 2.63. The summed E-state index contributed by atoms with van der Waals surface area (Å²) in [6, 6.07) is 10.5. The number of ether oxygens (including phenoxy) is 1. The lowest BCUT2D eigenvalue weighted by Crippen LogP contribution is -2.44. The summed E-state index contributed by atoms with van der Waals surface area (Å²) >= 11 is 5.77. The quantitative estimate of drug-likeness (QED) is 0.453. The summed E-state index contributed by atoms with van der Waals surface area (Å²) in [5, 5.41) is 9.90. The van der Waals surface area contributed by atoms with Crippen LogP contribution in [-0.4, -0.2) is 18.9 Å². The Bertz CT molecular complexity index is 888. The van der Waals surface area contributed by atoms with Gasteiger partial charge in [0, 0.05) is 10.6 Å². The molecular formula is C18H11ClF3NO3. The molecule has 0 fully saturated rings. The topological polar surface area (TPSA) is 67.2 Å². The van der Waals surface area contributed by atoms with Gasteiger partial charge in [0.25, 0.3) is 0 Å². The zero-order valence-electron chi connectivity index (χ0n) is 13.3. The van der Waals surface area contributed by atoms with Crippen LogP contribution in [0.4, 0.5) is 13.2 Å². The molecule has 8 heteroatoms. The van der Waals surface area contributed by atoms with Gasteiger partial charge in [-0.25, -0.2) is 4.79 Å². The molecule has 0 heterocycles. The first-order chi connectivity index (χ1) is 12.2. The molecule has 0 aliphatic rings. The van der Waals surface area contributed by atoms with E-state index in [1.807, 2.05) is 0 Å². The SMILES string of the molecule is COC(=O)C(C#N)(C(=O)c1ccccc1C(F)(F)F)c1ccc(Cl)cc1. The molecule has 2 rings (SSSR count). The van der Waals surface area contributed by atoms with Crippen LogP contribution < -0.4 is 0 Å². The van der Waals surface area contributed by atoms with Gasteiger partial charge in [0.15, 0.2) is 5.78 Å². The van der Waals surface area contributed by atoms with Crippen LogP contribution >= 0.6 is 11.6 Å². The fourth-order valence-electron chi connectivity index (χ4n) is 2.49. The number of ketones is 1. The molecule has 2 aromatic carbocycles. The van der Waals surface area contributed by atoms with Crippen LogP contribution in [0, 0.1) is 11.3 Å². The standard InChI is InChI=1S/C18H11ClF3NO3/c1-26-16(25)17(10-23,11-6-8-12(19)9-7-11)15(24)13-4-2-3-5-14(13)18(20,21)22/h2-9H,1H3. The second-order valence-corrected chi connectivity index (χ2v) is 5.67. The molecule has 0 aliphatic carbocycles. The van der Waals surface area contributed by atoms with E-state index in [0.29, 0.717) is 6.07 Å². The Morgan fingerprint density at radius 2 is 1.65 bits per heavy atom. The first kappa shape index (κ1) is 19.5. The van der Waals surface area contributed by atoms with Gasteiger partial charge >= 0.3 is 12.1 Å². The Kier molecular flexibility index (Phi) is 5.38. The van der Waals surface area contributed by atoms with Crippen molar-refractivity contribution >= 4 is 23.4 Å². The minimum atomic E-state index is -4.84. The zero-order valence-corrected chi connectivity index (χ0v) is 14.1. The summed E-state index contributed by atoms with van der Waals surface area (Å²) < 4.78 is 44.4. The summed E-state index contributed by atoms with van der Waals surface area (Å²) in [7, 11) is 0.938. The maximum absolute atomic E-state index is 13.3. The fourth-order valence-corrected chi connectivity index (χ4v) is 2.61. The normalized spacial score (nSPS) is 13.4. The maximum atomic E-state index is 13.3. The van der Waals surface area contributed by atoms with Crippen LogP contribution in [0.1, 0.15) is 21.5 Å². The van der Waals surface area contributed by atoms with Crippen LogP contribution in [0.2, 0.25) is 5.02 Å². The highest BCUT2D eigenvalue weighted by Gasteiger charge is 2.52. The first-order valence-corrected chi connectivity index (χ1v) is 7.53. The lowest BCUT2D eigenvalue weighted by molar-refractivity contribution is -0.144. The molecule has 134 valence electrons. The Labute approximate surface area is 151 Å². The molecular weight excluding hydrogens is 371 g/mol. The predicted octanol–water partition coefficient (Wildman–Crippen LogP) is 4.18. The van der Waals surface area contributed by atoms with E-state index in [4.69, 9.17) is 11.6 Å². The number of hydrogen-bond acceptors (Lipinski definition) is 4. The smallest absolute Gasteiger partial charge is 0.417 e. The summed E-state index contributed by atoms with van der Waals surface area (Å²) in [6.45, 7) is 0. The first-order valence-electron chi connectivity index (χ1n) is 7.15. The van der Waals surface area contributed by atoms with E-state index in [9.17, 15) is 28.0 Å². The van der Waals surface area contributed by atoms with Crippen LogP contribution in [0.15, 0.2) is 48.5 Å². The molecule has 0 aromatic heterocycles. The molecule has 0 N–H and O–H groups in total. The van der Waals surface area contributed by atoms with Crippen molar-refractivity contribution in [3.63, 3.8) is 0 Å². The summed E-state index contributed by atoms with van der Waals surface area (Å²) in [4.78, 5) is 25.3. The molecule has 0 saturated carbocycles. The van der Waals surface area contributed by atoms with Crippen LogP contribution in [0.3, 0.4) is 0 Å². The van der Waals surface area contributed by atoms with Gasteiger partial charge in [-0.05, 0) is 23.8 Å². The lowest BCUT2D eigenvalue weighted by Gasteiger charge is -2.24. The van der Waals surface area contributed by atoms with E-state index in [-0.39, 0.29) is 10.6 Å². The van der Waals surface area contributed by atoms with Gasteiger partial charge in [0.2, 0.25) is 5.41 Å². The molecule has 26 heavy (non-hydrogen) atoms. The van der Waals surface area contributed by atoms with Crippen LogP contribution in [0.25, 0.3) is 0 Å². The number of alkyl halides is 3. The number of carbonyl (C=O) groups excluding carboxylic acids is 2. The van der Waals surface area contributed by atoms with Crippen molar-refractivity contribution in [2.24, 2.45) is 0 Å².